The smallest absolute Gasteiger partial charge is 0.308 e. The molecule has 4 nitrogen and oxygen atoms in total. The predicted molar refractivity (Wildman–Crippen MR) is 53.6 cm³/mol. The van der Waals surface area contributed by atoms with Gasteiger partial charge in [-0.3, -0.25) is 4.90 Å². The van der Waals surface area contributed by atoms with Crippen LogP contribution in [-0.2, 0) is 0 Å². The molecule has 2 aliphatic rings. The van der Waals surface area contributed by atoms with Gasteiger partial charge in [0.05, 0.1) is 6.17 Å². The fourth-order valence-electron chi connectivity index (χ4n) is 2.78. The number of carbonyl (C=O) groups excluding carboxylic acids is 1. The molecule has 2 amide bonds. The SMILES string of the molecule is CCN(C([NH])=O)C1CCC2CCN1C2. The molecule has 3 unspecified atom stereocenters. The summed E-state index contributed by atoms with van der Waals surface area (Å²) in [6, 6.07) is -0.525. The molecule has 0 aromatic carbocycles. The summed E-state index contributed by atoms with van der Waals surface area (Å²) in [7, 11) is 0. The number of urea groups is 1. The molecule has 4 heteroatoms. The maximum Gasteiger partial charge on any atom is 0.337 e. The molecule has 1 N–H and O–H groups in total. The second kappa shape index (κ2) is 3.77. The third-order valence-electron chi connectivity index (χ3n) is 3.53. The topological polar surface area (TPSA) is 47.4 Å². The summed E-state index contributed by atoms with van der Waals surface area (Å²) in [5.41, 5.74) is 7.21. The summed E-state index contributed by atoms with van der Waals surface area (Å²) in [5.74, 6) is 0.853. The number of carbonyl (C=O) groups is 1. The van der Waals surface area contributed by atoms with Crippen molar-refractivity contribution in [3.63, 3.8) is 0 Å². The van der Waals surface area contributed by atoms with E-state index in [1.165, 1.54) is 12.8 Å². The summed E-state index contributed by atoms with van der Waals surface area (Å²) in [5, 5.41) is 0. The van der Waals surface area contributed by atoms with Crippen molar-refractivity contribution < 1.29 is 4.79 Å². The minimum absolute atomic E-state index is 0.212. The van der Waals surface area contributed by atoms with Crippen LogP contribution in [0.2, 0.25) is 0 Å². The van der Waals surface area contributed by atoms with Crippen LogP contribution in [0.3, 0.4) is 0 Å². The number of amides is 2. The minimum atomic E-state index is -0.525. The summed E-state index contributed by atoms with van der Waals surface area (Å²) in [6.45, 7) is 4.86. The first kappa shape index (κ1) is 9.77. The standard InChI is InChI=1S/C10H18N3O/c1-2-13(10(11)14)9-4-3-8-5-6-12(9)7-8/h8-9,11H,2-7H2,1H3. The van der Waals surface area contributed by atoms with Crippen LogP contribution in [0.5, 0.6) is 0 Å². The number of nitrogens with one attached hydrogen (secondary N) is 1. The molecule has 2 heterocycles. The molecule has 2 aliphatic heterocycles. The summed E-state index contributed by atoms with van der Waals surface area (Å²) < 4.78 is 0. The molecule has 14 heavy (non-hydrogen) atoms. The van der Waals surface area contributed by atoms with Gasteiger partial charge in [-0.05, 0) is 32.1 Å². The van der Waals surface area contributed by atoms with E-state index in [1.54, 1.807) is 4.90 Å². The molecule has 3 atom stereocenters. The molecule has 0 saturated carbocycles. The fraction of sp³-hybridized carbons (Fsp3) is 0.900. The second-order valence-electron chi connectivity index (χ2n) is 4.30. The maximum atomic E-state index is 11.1. The van der Waals surface area contributed by atoms with Gasteiger partial charge in [0.1, 0.15) is 0 Å². The number of hydrogen-bond donors (Lipinski definition) is 0. The zero-order valence-corrected chi connectivity index (χ0v) is 8.70. The first-order chi connectivity index (χ1) is 6.72. The van der Waals surface area contributed by atoms with Crippen LogP contribution in [0, 0.1) is 5.92 Å². The highest BCUT2D eigenvalue weighted by atomic mass is 16.2. The van der Waals surface area contributed by atoms with Crippen molar-refractivity contribution in [3.05, 3.63) is 0 Å². The Hall–Kier alpha value is -0.770. The maximum absolute atomic E-state index is 11.1. The van der Waals surface area contributed by atoms with Crippen molar-refractivity contribution in [2.45, 2.75) is 32.4 Å². The van der Waals surface area contributed by atoms with Crippen LogP contribution < -0.4 is 5.73 Å². The van der Waals surface area contributed by atoms with Gasteiger partial charge in [0.2, 0.25) is 0 Å². The molecule has 0 spiro atoms. The van der Waals surface area contributed by atoms with Crippen molar-refractivity contribution in [2.75, 3.05) is 19.6 Å². The van der Waals surface area contributed by atoms with E-state index in [1.807, 2.05) is 6.92 Å². The Labute approximate surface area is 85.0 Å². The third-order valence-corrected chi connectivity index (χ3v) is 3.53. The Kier molecular flexibility index (Phi) is 2.63. The second-order valence-corrected chi connectivity index (χ2v) is 4.30. The molecule has 1 radical (unpaired) electrons. The lowest BCUT2D eigenvalue weighted by Crippen LogP contribution is -2.51. The average molecular weight is 196 g/mol. The quantitative estimate of drug-likeness (QED) is 0.665. The Balaban J connectivity index is 2.05. The zero-order chi connectivity index (χ0) is 10.1. The van der Waals surface area contributed by atoms with Crippen LogP contribution in [-0.4, -0.2) is 41.6 Å². The Morgan fingerprint density at radius 1 is 1.50 bits per heavy atom. The molecule has 2 fully saturated rings. The number of rotatable bonds is 2. The van der Waals surface area contributed by atoms with E-state index < -0.39 is 6.03 Å². The van der Waals surface area contributed by atoms with E-state index >= 15 is 0 Å². The average Bonchev–Trinajstić information content (AvgIpc) is 2.53. The fourth-order valence-corrected chi connectivity index (χ4v) is 2.78. The van der Waals surface area contributed by atoms with Gasteiger partial charge in [0.15, 0.2) is 0 Å². The van der Waals surface area contributed by atoms with Crippen molar-refractivity contribution in [3.8, 4) is 0 Å². The Morgan fingerprint density at radius 3 is 2.93 bits per heavy atom. The number of fused-ring (bicyclic) bond motifs is 2. The van der Waals surface area contributed by atoms with Gasteiger partial charge < -0.3 is 4.90 Å². The van der Waals surface area contributed by atoms with Gasteiger partial charge in [-0.15, -0.1) is 0 Å². The molecular formula is C10H18N3O. The molecule has 79 valence electrons. The highest BCUT2D eigenvalue weighted by Crippen LogP contribution is 2.32. The largest absolute Gasteiger partial charge is 0.337 e. The van der Waals surface area contributed by atoms with E-state index in [2.05, 4.69) is 4.90 Å². The third kappa shape index (κ3) is 1.59. The van der Waals surface area contributed by atoms with E-state index in [9.17, 15) is 4.79 Å². The Bertz CT molecular complexity index is 231. The molecule has 2 saturated heterocycles. The molecule has 0 aromatic heterocycles. The van der Waals surface area contributed by atoms with Crippen molar-refractivity contribution in [1.82, 2.24) is 15.5 Å². The van der Waals surface area contributed by atoms with Crippen LogP contribution in [0.4, 0.5) is 4.79 Å². The van der Waals surface area contributed by atoms with Gasteiger partial charge in [-0.25, -0.2) is 10.5 Å². The highest BCUT2D eigenvalue weighted by molar-refractivity contribution is 5.71. The first-order valence-corrected chi connectivity index (χ1v) is 5.48. The summed E-state index contributed by atoms with van der Waals surface area (Å²) in [4.78, 5) is 15.2. The highest BCUT2D eigenvalue weighted by Gasteiger charge is 2.37. The van der Waals surface area contributed by atoms with Crippen molar-refractivity contribution in [2.24, 2.45) is 5.92 Å². The van der Waals surface area contributed by atoms with Gasteiger partial charge in [-0.1, -0.05) is 0 Å². The van der Waals surface area contributed by atoms with Gasteiger partial charge >= 0.3 is 6.03 Å². The van der Waals surface area contributed by atoms with Crippen LogP contribution in [0.15, 0.2) is 0 Å². The number of piperidine rings is 1. The Morgan fingerprint density at radius 2 is 2.29 bits per heavy atom. The lowest BCUT2D eigenvalue weighted by Gasteiger charge is -2.38. The van der Waals surface area contributed by atoms with Crippen LogP contribution in [0.25, 0.3) is 0 Å². The zero-order valence-electron chi connectivity index (χ0n) is 8.70. The lowest BCUT2D eigenvalue weighted by molar-refractivity contribution is 0.0591. The van der Waals surface area contributed by atoms with E-state index in [4.69, 9.17) is 5.73 Å². The van der Waals surface area contributed by atoms with Crippen LogP contribution in [0.1, 0.15) is 26.2 Å². The molecule has 0 aromatic rings. The number of hydrogen-bond acceptors (Lipinski definition) is 2. The van der Waals surface area contributed by atoms with Crippen molar-refractivity contribution in [1.29, 1.82) is 0 Å². The minimum Gasteiger partial charge on any atom is -0.308 e. The van der Waals surface area contributed by atoms with E-state index in [0.717, 1.165) is 25.4 Å². The monoisotopic (exact) mass is 196 g/mol. The van der Waals surface area contributed by atoms with E-state index in [-0.39, 0.29) is 6.17 Å². The van der Waals surface area contributed by atoms with Gasteiger partial charge in [0, 0.05) is 19.6 Å². The van der Waals surface area contributed by atoms with Gasteiger partial charge in [-0.2, -0.15) is 0 Å². The summed E-state index contributed by atoms with van der Waals surface area (Å²) in [6.07, 6.45) is 3.78. The normalized spacial score (nSPS) is 35.6. The molecule has 0 aliphatic carbocycles. The molecule has 2 rings (SSSR count). The molecular weight excluding hydrogens is 178 g/mol. The predicted octanol–water partition coefficient (Wildman–Crippen LogP) is 1.15. The molecule has 2 bridgehead atoms. The number of nitrogens with zero attached hydrogens (tertiary/aromatic N) is 2. The summed E-state index contributed by atoms with van der Waals surface area (Å²) >= 11 is 0. The van der Waals surface area contributed by atoms with Crippen molar-refractivity contribution >= 4 is 6.03 Å². The van der Waals surface area contributed by atoms with E-state index in [0.29, 0.717) is 6.54 Å². The first-order valence-electron chi connectivity index (χ1n) is 5.48. The van der Waals surface area contributed by atoms with Gasteiger partial charge in [0.25, 0.3) is 0 Å². The lowest BCUT2D eigenvalue weighted by atomic mass is 9.99. The van der Waals surface area contributed by atoms with Crippen LogP contribution >= 0.6 is 0 Å².